The Kier molecular flexibility index (Phi) is 9.00. The lowest BCUT2D eigenvalue weighted by Gasteiger charge is -1.79. The third kappa shape index (κ3) is 24.5. The minimum absolute atomic E-state index is 0.201. The maximum absolute atomic E-state index is 9.56. The van der Waals surface area contributed by atoms with E-state index in [2.05, 4.69) is 19.2 Å². The van der Waals surface area contributed by atoms with Crippen molar-refractivity contribution in [3.8, 4) is 0 Å². The van der Waals surface area contributed by atoms with Gasteiger partial charge in [0.15, 0.2) is 0 Å². The Labute approximate surface area is 67.3 Å². The molecule has 0 radical (unpaired) electrons. The van der Waals surface area contributed by atoms with Gasteiger partial charge in [-0.05, 0) is 6.92 Å². The predicted octanol–water partition coefficient (Wildman–Crippen LogP) is 0.996. The van der Waals surface area contributed by atoms with E-state index >= 15 is 0 Å². The average molecular weight is 184 g/mol. The summed E-state index contributed by atoms with van der Waals surface area (Å²) in [5.74, 6) is 0.576. The predicted molar refractivity (Wildman–Crippen MR) is 46.1 cm³/mol. The molecule has 0 aromatic rings. The first-order chi connectivity index (χ1) is 4.47. The summed E-state index contributed by atoms with van der Waals surface area (Å²) in [4.78, 5) is 0. The molecule has 0 amide bonds. The van der Waals surface area contributed by atoms with E-state index in [9.17, 15) is 8.42 Å². The van der Waals surface area contributed by atoms with Gasteiger partial charge in [0.1, 0.15) is 0 Å². The molecular weight excluding hydrogens is 172 g/mol. The summed E-state index contributed by atoms with van der Waals surface area (Å²) in [7, 11) is -3.66. The number of hydrogen-bond donors (Lipinski definition) is 2. The van der Waals surface area contributed by atoms with Crippen molar-refractivity contribution < 1.29 is 13.0 Å². The van der Waals surface area contributed by atoms with Gasteiger partial charge >= 0.3 is 0 Å². The van der Waals surface area contributed by atoms with Crippen molar-refractivity contribution in [2.75, 3.05) is 11.5 Å². The monoisotopic (exact) mass is 184 g/mol. The van der Waals surface area contributed by atoms with Crippen molar-refractivity contribution in [3.63, 3.8) is 0 Å². The third-order valence-electron chi connectivity index (χ3n) is 0.494. The summed E-state index contributed by atoms with van der Waals surface area (Å²) in [6.07, 6.45) is 1.74. The highest BCUT2D eigenvalue weighted by molar-refractivity contribution is 7.85. The van der Waals surface area contributed by atoms with Crippen LogP contribution >= 0.6 is 12.6 Å². The molecule has 62 valence electrons. The molecule has 0 aromatic carbocycles. The highest BCUT2D eigenvalue weighted by Gasteiger charge is 1.93. The summed E-state index contributed by atoms with van der Waals surface area (Å²) in [6, 6.07) is 0. The Morgan fingerprint density at radius 3 is 1.90 bits per heavy atom. The van der Waals surface area contributed by atoms with E-state index < -0.39 is 10.1 Å². The highest BCUT2D eigenvalue weighted by Crippen LogP contribution is 1.74. The van der Waals surface area contributed by atoms with Gasteiger partial charge in [-0.3, -0.25) is 4.55 Å². The molecule has 0 unspecified atom stereocenters. The van der Waals surface area contributed by atoms with Gasteiger partial charge in [-0.25, -0.2) is 0 Å². The minimum Gasteiger partial charge on any atom is -0.286 e. The summed E-state index contributed by atoms with van der Waals surface area (Å²) in [5, 5.41) is 0. The van der Waals surface area contributed by atoms with Gasteiger partial charge in [0.25, 0.3) is 10.1 Å². The molecule has 1 N–H and O–H groups in total. The smallest absolute Gasteiger partial charge is 0.264 e. The average Bonchev–Trinajstić information content (AvgIpc) is 1.87. The van der Waals surface area contributed by atoms with Gasteiger partial charge in [0.2, 0.25) is 0 Å². The van der Waals surface area contributed by atoms with Crippen LogP contribution < -0.4 is 0 Å². The second-order valence-electron chi connectivity index (χ2n) is 1.34. The Morgan fingerprint density at radius 1 is 1.70 bits per heavy atom. The second-order valence-corrected chi connectivity index (χ2v) is 3.45. The van der Waals surface area contributed by atoms with E-state index in [1.165, 1.54) is 6.92 Å². The lowest BCUT2D eigenvalue weighted by atomic mass is 10.8. The zero-order chi connectivity index (χ0) is 8.62. The molecule has 0 rings (SSSR count). The number of rotatable bonds is 2. The van der Waals surface area contributed by atoms with E-state index in [-0.39, 0.29) is 5.75 Å². The Morgan fingerprint density at radius 2 is 1.90 bits per heavy atom. The van der Waals surface area contributed by atoms with E-state index in [0.29, 0.717) is 0 Å². The molecule has 0 bridgehead atoms. The lowest BCUT2D eigenvalue weighted by molar-refractivity contribution is 0.484. The first kappa shape index (κ1) is 12.7. The van der Waals surface area contributed by atoms with Crippen molar-refractivity contribution in [1.29, 1.82) is 0 Å². The van der Waals surface area contributed by atoms with E-state index in [1.54, 1.807) is 6.08 Å². The lowest BCUT2D eigenvalue weighted by Crippen LogP contribution is -1.97. The van der Waals surface area contributed by atoms with Crippen LogP contribution in [0.3, 0.4) is 0 Å². The third-order valence-corrected chi connectivity index (χ3v) is 1.48. The summed E-state index contributed by atoms with van der Waals surface area (Å²) in [5.41, 5.74) is 0. The Balaban J connectivity index is 0. The number of hydrogen-bond acceptors (Lipinski definition) is 3. The van der Waals surface area contributed by atoms with Gasteiger partial charge in [0.05, 0.1) is 5.75 Å². The van der Waals surface area contributed by atoms with Crippen molar-refractivity contribution in [2.45, 2.75) is 6.92 Å². The summed E-state index contributed by atoms with van der Waals surface area (Å²) < 4.78 is 26.9. The fourth-order valence-corrected chi connectivity index (χ4v) is 0. The molecular formula is C5H12O3S2. The largest absolute Gasteiger partial charge is 0.286 e. The highest BCUT2D eigenvalue weighted by atomic mass is 32.2. The fraction of sp³-hybridized carbons (Fsp3) is 0.600. The number of thiol groups is 1. The first-order valence-electron chi connectivity index (χ1n) is 2.64. The van der Waals surface area contributed by atoms with E-state index in [1.807, 2.05) is 0 Å². The standard InChI is InChI=1S/C3H6S.C2H6O3S/c1-2-3-4;1-2-6(3,4)5/h2,4H,1,3H2;2H2,1H3,(H,3,4,5). The van der Waals surface area contributed by atoms with Gasteiger partial charge in [-0.15, -0.1) is 6.58 Å². The molecule has 0 saturated carbocycles. The van der Waals surface area contributed by atoms with Gasteiger partial charge in [-0.1, -0.05) is 6.08 Å². The van der Waals surface area contributed by atoms with Crippen LogP contribution in [0, 0.1) is 0 Å². The summed E-state index contributed by atoms with van der Waals surface area (Å²) >= 11 is 3.80. The van der Waals surface area contributed by atoms with Crippen LogP contribution in [0.4, 0.5) is 0 Å². The van der Waals surface area contributed by atoms with Gasteiger partial charge in [-0.2, -0.15) is 21.0 Å². The molecule has 3 nitrogen and oxygen atoms in total. The van der Waals surface area contributed by atoms with Crippen molar-refractivity contribution >= 4 is 22.7 Å². The van der Waals surface area contributed by atoms with E-state index in [4.69, 9.17) is 4.55 Å². The minimum atomic E-state index is -3.66. The molecule has 0 aliphatic carbocycles. The zero-order valence-electron chi connectivity index (χ0n) is 5.82. The first-order valence-corrected chi connectivity index (χ1v) is 4.89. The topological polar surface area (TPSA) is 54.4 Å². The van der Waals surface area contributed by atoms with Crippen LogP contribution in [0.15, 0.2) is 12.7 Å². The molecule has 0 fully saturated rings. The van der Waals surface area contributed by atoms with Gasteiger partial charge < -0.3 is 0 Å². The molecule has 0 aliphatic rings. The molecule has 0 heterocycles. The van der Waals surface area contributed by atoms with Crippen LogP contribution in [0.5, 0.6) is 0 Å². The van der Waals surface area contributed by atoms with Crippen molar-refractivity contribution in [3.05, 3.63) is 12.7 Å². The van der Waals surface area contributed by atoms with Crippen LogP contribution in [-0.4, -0.2) is 24.5 Å². The second kappa shape index (κ2) is 7.11. The fourth-order valence-electron chi connectivity index (χ4n) is 0. The Hall–Kier alpha value is -0.0000000000000000763. The van der Waals surface area contributed by atoms with Crippen LogP contribution in [0.1, 0.15) is 6.92 Å². The van der Waals surface area contributed by atoms with Crippen molar-refractivity contribution in [1.82, 2.24) is 0 Å². The normalized spacial score (nSPS) is 9.50. The molecule has 0 spiro atoms. The maximum Gasteiger partial charge on any atom is 0.264 e. The molecule has 0 aliphatic heterocycles. The van der Waals surface area contributed by atoms with Gasteiger partial charge in [0, 0.05) is 5.75 Å². The van der Waals surface area contributed by atoms with Crippen LogP contribution in [0.2, 0.25) is 0 Å². The summed E-state index contributed by atoms with van der Waals surface area (Å²) in [6.45, 7) is 4.77. The molecule has 0 saturated heterocycles. The Bertz CT molecular complexity index is 160. The molecule has 10 heavy (non-hydrogen) atoms. The van der Waals surface area contributed by atoms with E-state index in [0.717, 1.165) is 5.75 Å². The van der Waals surface area contributed by atoms with Crippen LogP contribution in [-0.2, 0) is 10.1 Å². The quantitative estimate of drug-likeness (QED) is 0.382. The van der Waals surface area contributed by atoms with Crippen molar-refractivity contribution in [2.24, 2.45) is 0 Å². The molecule has 0 atom stereocenters. The molecule has 0 aromatic heterocycles. The molecule has 5 heteroatoms. The zero-order valence-corrected chi connectivity index (χ0v) is 7.53. The van der Waals surface area contributed by atoms with Crippen LogP contribution in [0.25, 0.3) is 0 Å². The SMILES string of the molecule is C=CCS.CCS(=O)(=O)O. The maximum atomic E-state index is 9.56.